The second-order valence-electron chi connectivity index (χ2n) is 14.4. The molecular weight excluding hydrogens is 607 g/mol. The van der Waals surface area contributed by atoms with Crippen molar-refractivity contribution in [1.29, 1.82) is 0 Å². The Kier molecular flexibility index (Phi) is 11.4. The standard InChI is InChI=1S/C40H53BN6O2/c1-29-23-35(44(3)4)25-39(42-29)33-15-19-46(20-16-33)27-31-7-11-37(12-8-31)48-41-49-38-13-9-32(10-14-38)28-47-21-17-34(18-22-47)40-26-36(45(5)6)24-30(2)43-40/h7-14,23-26,33-34,41H,15-22,27-28H2,1-6H3. The molecule has 0 unspecified atom stereocenters. The van der Waals surface area contributed by atoms with Crippen molar-refractivity contribution in [2.75, 3.05) is 64.2 Å². The molecule has 2 saturated heterocycles. The van der Waals surface area contributed by atoms with Gasteiger partial charge >= 0.3 is 7.69 Å². The van der Waals surface area contributed by atoms with Gasteiger partial charge in [-0.25, -0.2) is 0 Å². The van der Waals surface area contributed by atoms with Gasteiger partial charge in [0.05, 0.1) is 0 Å². The lowest BCUT2D eigenvalue weighted by Crippen LogP contribution is -2.32. The van der Waals surface area contributed by atoms with E-state index in [1.54, 1.807) is 0 Å². The first-order valence-electron chi connectivity index (χ1n) is 17.9. The zero-order valence-electron chi connectivity index (χ0n) is 30.4. The van der Waals surface area contributed by atoms with Crippen molar-refractivity contribution < 1.29 is 9.31 Å². The summed E-state index contributed by atoms with van der Waals surface area (Å²) in [5.41, 5.74) is 9.77. The van der Waals surface area contributed by atoms with Gasteiger partial charge in [0.2, 0.25) is 0 Å². The van der Waals surface area contributed by atoms with Crippen molar-refractivity contribution in [3.05, 3.63) is 107 Å². The number of hydrogen-bond acceptors (Lipinski definition) is 8. The van der Waals surface area contributed by atoms with Gasteiger partial charge in [-0.1, -0.05) is 24.3 Å². The van der Waals surface area contributed by atoms with E-state index in [2.05, 4.69) is 110 Å². The van der Waals surface area contributed by atoms with Crippen LogP contribution >= 0.6 is 0 Å². The summed E-state index contributed by atoms with van der Waals surface area (Å²) in [5, 5.41) is 0. The number of rotatable bonds is 12. The van der Waals surface area contributed by atoms with E-state index >= 15 is 0 Å². The average molecular weight is 661 g/mol. The molecule has 9 heteroatoms. The number of nitrogens with zero attached hydrogens (tertiary/aromatic N) is 6. The van der Waals surface area contributed by atoms with E-state index in [4.69, 9.17) is 19.3 Å². The molecule has 4 heterocycles. The molecule has 0 saturated carbocycles. The van der Waals surface area contributed by atoms with Crippen LogP contribution in [0.25, 0.3) is 0 Å². The maximum atomic E-state index is 5.92. The number of hydrogen-bond donors (Lipinski definition) is 0. The Morgan fingerprint density at radius 3 is 1.31 bits per heavy atom. The number of pyridine rings is 2. The second kappa shape index (κ2) is 16.1. The maximum absolute atomic E-state index is 5.92. The molecule has 2 aromatic carbocycles. The number of anilines is 2. The van der Waals surface area contributed by atoms with Crippen LogP contribution in [0.2, 0.25) is 0 Å². The summed E-state index contributed by atoms with van der Waals surface area (Å²) in [5.74, 6) is 2.71. The quantitative estimate of drug-likeness (QED) is 0.156. The third-order valence-electron chi connectivity index (χ3n) is 10.1. The highest BCUT2D eigenvalue weighted by molar-refractivity contribution is 6.20. The van der Waals surface area contributed by atoms with Gasteiger partial charge in [0.25, 0.3) is 0 Å². The van der Waals surface area contributed by atoms with E-state index in [-0.39, 0.29) is 7.69 Å². The lowest BCUT2D eigenvalue weighted by atomic mass is 9.92. The van der Waals surface area contributed by atoms with Crippen LogP contribution in [0.5, 0.6) is 11.5 Å². The molecule has 2 aromatic heterocycles. The summed E-state index contributed by atoms with van der Waals surface area (Å²) in [6, 6.07) is 25.7. The minimum absolute atomic E-state index is 0.185. The molecule has 8 nitrogen and oxygen atoms in total. The van der Waals surface area contributed by atoms with E-state index in [1.807, 2.05) is 24.3 Å². The predicted molar refractivity (Wildman–Crippen MR) is 202 cm³/mol. The fraction of sp³-hybridized carbons (Fsp3) is 0.450. The first-order chi connectivity index (χ1) is 23.7. The van der Waals surface area contributed by atoms with Gasteiger partial charge in [0, 0.05) is 87.3 Å². The van der Waals surface area contributed by atoms with E-state index in [1.165, 1.54) is 33.9 Å². The topological polar surface area (TPSA) is 57.2 Å². The molecule has 2 aliphatic rings. The molecule has 0 atom stereocenters. The number of aryl methyl sites for hydroxylation is 2. The molecule has 0 N–H and O–H groups in total. The van der Waals surface area contributed by atoms with E-state index in [0.29, 0.717) is 11.8 Å². The summed E-state index contributed by atoms with van der Waals surface area (Å²) in [4.78, 5) is 19.2. The van der Waals surface area contributed by atoms with Crippen LogP contribution in [0.4, 0.5) is 11.4 Å². The number of piperidine rings is 2. The fourth-order valence-corrected chi connectivity index (χ4v) is 7.12. The minimum Gasteiger partial charge on any atom is -0.529 e. The van der Waals surface area contributed by atoms with Crippen LogP contribution in [-0.4, -0.2) is 81.8 Å². The molecule has 0 spiro atoms. The second-order valence-corrected chi connectivity index (χ2v) is 14.4. The van der Waals surface area contributed by atoms with Crippen molar-refractivity contribution in [2.24, 2.45) is 0 Å². The van der Waals surface area contributed by atoms with Crippen molar-refractivity contribution in [3.63, 3.8) is 0 Å². The Hall–Kier alpha value is -4.08. The molecule has 0 bridgehead atoms. The Morgan fingerprint density at radius 1 is 0.592 bits per heavy atom. The van der Waals surface area contributed by atoms with Crippen molar-refractivity contribution in [3.8, 4) is 11.5 Å². The Labute approximate surface area is 294 Å². The summed E-state index contributed by atoms with van der Waals surface area (Å²) in [6.45, 7) is 10.5. The monoisotopic (exact) mass is 660 g/mol. The van der Waals surface area contributed by atoms with Gasteiger partial charge in [-0.3, -0.25) is 19.8 Å². The van der Waals surface area contributed by atoms with Gasteiger partial charge in [0.15, 0.2) is 0 Å². The van der Waals surface area contributed by atoms with Crippen LogP contribution in [0.3, 0.4) is 0 Å². The zero-order chi connectivity index (χ0) is 34.3. The highest BCUT2D eigenvalue weighted by Crippen LogP contribution is 2.31. The molecule has 2 aliphatic heterocycles. The first kappa shape index (κ1) is 34.8. The predicted octanol–water partition coefficient (Wildman–Crippen LogP) is 6.71. The SMILES string of the molecule is Cc1cc(N(C)C)cc(C2CCN(Cc3ccc(OBOc4ccc(CN5CCC(c6cc(N(C)C)cc(C)n6)CC5)cc4)cc3)CC2)n1. The molecule has 6 rings (SSSR count). The summed E-state index contributed by atoms with van der Waals surface area (Å²) in [7, 11) is 8.57. The Balaban J connectivity index is 0.894. The van der Waals surface area contributed by atoms with Crippen LogP contribution in [0.1, 0.15) is 71.4 Å². The van der Waals surface area contributed by atoms with Crippen molar-refractivity contribution >= 4 is 19.1 Å². The Morgan fingerprint density at radius 2 is 0.959 bits per heavy atom. The third kappa shape index (κ3) is 9.55. The maximum Gasteiger partial charge on any atom is 0.576 e. The number of benzene rings is 2. The van der Waals surface area contributed by atoms with E-state index < -0.39 is 0 Å². The largest absolute Gasteiger partial charge is 0.576 e. The lowest BCUT2D eigenvalue weighted by Gasteiger charge is -2.32. The molecule has 2 fully saturated rings. The lowest BCUT2D eigenvalue weighted by molar-refractivity contribution is 0.203. The summed E-state index contributed by atoms with van der Waals surface area (Å²) >= 11 is 0. The van der Waals surface area contributed by atoms with Gasteiger partial charge in [-0.2, -0.15) is 0 Å². The average Bonchev–Trinajstić information content (AvgIpc) is 3.10. The minimum atomic E-state index is 0.185. The fourth-order valence-electron chi connectivity index (χ4n) is 7.12. The van der Waals surface area contributed by atoms with Crippen molar-refractivity contribution in [1.82, 2.24) is 19.8 Å². The molecular formula is C40H53BN6O2. The highest BCUT2D eigenvalue weighted by atomic mass is 16.6. The van der Waals surface area contributed by atoms with Crippen LogP contribution in [-0.2, 0) is 13.1 Å². The van der Waals surface area contributed by atoms with Gasteiger partial charge in [-0.15, -0.1) is 0 Å². The van der Waals surface area contributed by atoms with Gasteiger partial charge in [-0.05, 0) is 125 Å². The van der Waals surface area contributed by atoms with Gasteiger partial charge < -0.3 is 19.1 Å². The number of aromatic nitrogens is 2. The molecule has 0 radical (unpaired) electrons. The summed E-state index contributed by atoms with van der Waals surface area (Å²) in [6.07, 6.45) is 4.58. The Bertz CT molecular complexity index is 1520. The van der Waals surface area contributed by atoms with E-state index in [9.17, 15) is 0 Å². The number of likely N-dealkylation sites (tertiary alicyclic amines) is 2. The van der Waals surface area contributed by atoms with Gasteiger partial charge in [0.1, 0.15) is 11.5 Å². The molecule has 0 aliphatic carbocycles. The molecule has 0 amide bonds. The molecule has 258 valence electrons. The normalized spacial score (nSPS) is 16.4. The highest BCUT2D eigenvalue weighted by Gasteiger charge is 2.24. The first-order valence-corrected chi connectivity index (χ1v) is 17.9. The van der Waals surface area contributed by atoms with Crippen molar-refractivity contribution in [2.45, 2.75) is 64.5 Å². The van der Waals surface area contributed by atoms with Crippen LogP contribution in [0, 0.1) is 13.8 Å². The van der Waals surface area contributed by atoms with Crippen LogP contribution < -0.4 is 19.1 Å². The third-order valence-corrected chi connectivity index (χ3v) is 10.1. The summed E-state index contributed by atoms with van der Waals surface area (Å²) < 4.78 is 11.8. The zero-order valence-corrected chi connectivity index (χ0v) is 30.4. The van der Waals surface area contributed by atoms with Crippen LogP contribution in [0.15, 0.2) is 72.8 Å². The smallest absolute Gasteiger partial charge is 0.529 e. The molecule has 4 aromatic rings. The molecule has 49 heavy (non-hydrogen) atoms. The van der Waals surface area contributed by atoms with E-state index in [0.717, 1.165) is 87.8 Å².